The summed E-state index contributed by atoms with van der Waals surface area (Å²) >= 11 is 0. The minimum Gasteiger partial charge on any atom is -0.507 e. The minimum atomic E-state index is -0.468. The summed E-state index contributed by atoms with van der Waals surface area (Å²) in [5, 5.41) is 11.3. The van der Waals surface area contributed by atoms with Crippen molar-refractivity contribution >= 4 is 17.9 Å². The third kappa shape index (κ3) is 6.14. The lowest BCUT2D eigenvalue weighted by molar-refractivity contribution is -0.132. The summed E-state index contributed by atoms with van der Waals surface area (Å²) < 4.78 is 17.2. The highest BCUT2D eigenvalue weighted by molar-refractivity contribution is 5.73. The van der Waals surface area contributed by atoms with E-state index in [2.05, 4.69) is 0 Å². The molecule has 4 aromatic carbocycles. The van der Waals surface area contributed by atoms with Crippen molar-refractivity contribution in [3.63, 3.8) is 0 Å². The van der Waals surface area contributed by atoms with Crippen LogP contribution < -0.4 is 14.2 Å². The van der Waals surface area contributed by atoms with Crippen LogP contribution in [-0.4, -0.2) is 23.0 Å². The van der Waals surface area contributed by atoms with Crippen LogP contribution in [0.4, 0.5) is 0 Å². The van der Waals surface area contributed by atoms with E-state index in [1.165, 1.54) is 20.8 Å². The number of para-hydroxylation sites is 4. The Balaban J connectivity index is 1.78. The lowest BCUT2D eigenvalue weighted by Gasteiger charge is -2.20. The van der Waals surface area contributed by atoms with Gasteiger partial charge in [-0.3, -0.25) is 14.4 Å². The Hall–Kier alpha value is -4.91. The van der Waals surface area contributed by atoms with E-state index < -0.39 is 17.9 Å². The molecular formula is C34H30O7. The van der Waals surface area contributed by atoms with Gasteiger partial charge in [0.2, 0.25) is 0 Å². The Morgan fingerprint density at radius 3 is 0.927 bits per heavy atom. The number of esters is 3. The predicted octanol–water partition coefficient (Wildman–Crippen LogP) is 5.84. The molecule has 208 valence electrons. The zero-order chi connectivity index (χ0) is 29.1. The summed E-state index contributed by atoms with van der Waals surface area (Å²) in [5.74, 6) is -0.0245. The quantitative estimate of drug-likeness (QED) is 0.222. The van der Waals surface area contributed by atoms with E-state index in [0.29, 0.717) is 54.1 Å². The zero-order valence-electron chi connectivity index (χ0n) is 23.2. The average Bonchev–Trinajstić information content (AvgIpc) is 2.90. The summed E-state index contributed by atoms with van der Waals surface area (Å²) in [4.78, 5) is 36.6. The van der Waals surface area contributed by atoms with Gasteiger partial charge in [-0.05, 0) is 44.5 Å². The lowest BCUT2D eigenvalue weighted by Crippen LogP contribution is -2.11. The zero-order valence-corrected chi connectivity index (χ0v) is 23.2. The standard InChI is InChI=1S/C34H30O7/c1-20(35)39-32-25-10-5-12-27(32)18-29-14-7-15-30(34(29)41-22(3)37)19-28-13-6-11-26(33(28)40-21(2)36)17-24-9-4-8-23(16-25)31(24)38/h4-15,38H,16-19H2,1-3H3. The van der Waals surface area contributed by atoms with Crippen molar-refractivity contribution in [3.8, 4) is 23.0 Å². The molecule has 5 rings (SSSR count). The molecule has 8 bridgehead atoms. The van der Waals surface area contributed by atoms with Crippen LogP contribution in [0.1, 0.15) is 65.3 Å². The molecule has 41 heavy (non-hydrogen) atoms. The van der Waals surface area contributed by atoms with Gasteiger partial charge in [0.15, 0.2) is 0 Å². The van der Waals surface area contributed by atoms with E-state index in [1.807, 2.05) is 72.8 Å². The second-order valence-electron chi connectivity index (χ2n) is 10.1. The fourth-order valence-corrected chi connectivity index (χ4v) is 5.32. The SMILES string of the molecule is CC(=O)Oc1c2cccc1Cc1cccc(c1OC(C)=O)Cc1cccc(c1OC(C)=O)Cc1cccc(c1O)C2. The normalized spacial score (nSPS) is 12.3. The van der Waals surface area contributed by atoms with Gasteiger partial charge < -0.3 is 19.3 Å². The summed E-state index contributed by atoms with van der Waals surface area (Å²) in [6.45, 7) is 4.05. The first-order valence-electron chi connectivity index (χ1n) is 13.4. The molecule has 0 unspecified atom stereocenters. The number of aromatic hydroxyl groups is 1. The maximum atomic E-state index is 12.2. The molecule has 0 amide bonds. The summed E-state index contributed by atoms with van der Waals surface area (Å²) in [6.07, 6.45) is 1.25. The lowest BCUT2D eigenvalue weighted by atomic mass is 9.91. The number of hydrogen-bond donors (Lipinski definition) is 1. The number of carbonyl (C=O) groups is 3. The van der Waals surface area contributed by atoms with Crippen molar-refractivity contribution in [1.29, 1.82) is 0 Å². The van der Waals surface area contributed by atoms with Gasteiger partial charge in [-0.1, -0.05) is 72.8 Å². The van der Waals surface area contributed by atoms with E-state index in [4.69, 9.17) is 14.2 Å². The van der Waals surface area contributed by atoms with Gasteiger partial charge in [-0.2, -0.15) is 0 Å². The fraction of sp³-hybridized carbons (Fsp3) is 0.206. The maximum absolute atomic E-state index is 12.2. The first kappa shape index (κ1) is 27.6. The highest BCUT2D eigenvalue weighted by atomic mass is 16.5. The van der Waals surface area contributed by atoms with Crippen molar-refractivity contribution in [2.75, 3.05) is 0 Å². The summed E-state index contributed by atoms with van der Waals surface area (Å²) in [5.41, 5.74) is 5.69. The van der Waals surface area contributed by atoms with E-state index in [1.54, 1.807) is 0 Å². The third-order valence-electron chi connectivity index (χ3n) is 7.00. The second kappa shape index (κ2) is 11.7. The molecule has 0 heterocycles. The molecule has 0 spiro atoms. The molecule has 1 N–H and O–H groups in total. The van der Waals surface area contributed by atoms with Gasteiger partial charge in [0.25, 0.3) is 0 Å². The average molecular weight is 551 g/mol. The highest BCUT2D eigenvalue weighted by Crippen LogP contribution is 2.38. The van der Waals surface area contributed by atoms with Crippen molar-refractivity contribution in [3.05, 3.63) is 117 Å². The van der Waals surface area contributed by atoms with Crippen molar-refractivity contribution in [2.24, 2.45) is 0 Å². The largest absolute Gasteiger partial charge is 0.507 e. The first-order valence-corrected chi connectivity index (χ1v) is 13.4. The molecule has 7 heteroatoms. The maximum Gasteiger partial charge on any atom is 0.308 e. The summed E-state index contributed by atoms with van der Waals surface area (Å²) in [7, 11) is 0. The number of phenols is 1. The van der Waals surface area contributed by atoms with Crippen LogP contribution in [0.15, 0.2) is 72.8 Å². The Kier molecular flexibility index (Phi) is 7.88. The van der Waals surface area contributed by atoms with Crippen molar-refractivity contribution in [2.45, 2.75) is 46.5 Å². The van der Waals surface area contributed by atoms with E-state index >= 15 is 0 Å². The molecule has 0 saturated carbocycles. The van der Waals surface area contributed by atoms with Gasteiger partial charge in [-0.15, -0.1) is 0 Å². The van der Waals surface area contributed by atoms with Crippen LogP contribution in [0.25, 0.3) is 0 Å². The number of rotatable bonds is 3. The number of carbonyl (C=O) groups excluding carboxylic acids is 3. The fourth-order valence-electron chi connectivity index (χ4n) is 5.32. The number of hydrogen-bond acceptors (Lipinski definition) is 7. The molecule has 0 aromatic heterocycles. The molecule has 0 fully saturated rings. The molecule has 1 aliphatic rings. The van der Waals surface area contributed by atoms with Gasteiger partial charge in [0, 0.05) is 46.5 Å². The number of benzene rings is 4. The topological polar surface area (TPSA) is 99.1 Å². The second-order valence-corrected chi connectivity index (χ2v) is 10.1. The van der Waals surface area contributed by atoms with Crippen molar-refractivity contribution in [1.82, 2.24) is 0 Å². The molecule has 0 aliphatic heterocycles. The number of fused-ring (bicyclic) bond motifs is 8. The number of ether oxygens (including phenoxy) is 3. The Morgan fingerprint density at radius 2 is 0.683 bits per heavy atom. The van der Waals surface area contributed by atoms with E-state index in [0.717, 1.165) is 33.4 Å². The van der Waals surface area contributed by atoms with Crippen LogP contribution >= 0.6 is 0 Å². The van der Waals surface area contributed by atoms with Crippen LogP contribution in [0.3, 0.4) is 0 Å². The van der Waals surface area contributed by atoms with E-state index in [9.17, 15) is 19.5 Å². The van der Waals surface area contributed by atoms with Crippen molar-refractivity contribution < 1.29 is 33.7 Å². The first-order chi connectivity index (χ1) is 19.7. The Bertz CT molecular complexity index is 1560. The third-order valence-corrected chi connectivity index (χ3v) is 7.00. The molecular weight excluding hydrogens is 520 g/mol. The monoisotopic (exact) mass is 550 g/mol. The molecule has 0 atom stereocenters. The van der Waals surface area contributed by atoms with E-state index in [-0.39, 0.29) is 5.75 Å². The van der Waals surface area contributed by atoms with Gasteiger partial charge in [0.05, 0.1) is 0 Å². The molecule has 0 radical (unpaired) electrons. The molecule has 4 aromatic rings. The Morgan fingerprint density at radius 1 is 0.463 bits per heavy atom. The highest BCUT2D eigenvalue weighted by Gasteiger charge is 2.22. The van der Waals surface area contributed by atoms with Gasteiger partial charge in [-0.25, -0.2) is 0 Å². The number of phenolic OH excluding ortho intramolecular Hbond substituents is 1. The summed E-state index contributed by atoms with van der Waals surface area (Å²) in [6, 6.07) is 22.4. The predicted molar refractivity (Wildman–Crippen MR) is 153 cm³/mol. The van der Waals surface area contributed by atoms with Crippen LogP contribution in [0.2, 0.25) is 0 Å². The molecule has 7 nitrogen and oxygen atoms in total. The van der Waals surface area contributed by atoms with Gasteiger partial charge in [0.1, 0.15) is 23.0 Å². The van der Waals surface area contributed by atoms with Crippen LogP contribution in [-0.2, 0) is 40.1 Å². The Labute approximate surface area is 238 Å². The molecule has 0 saturated heterocycles. The smallest absolute Gasteiger partial charge is 0.308 e. The van der Waals surface area contributed by atoms with Crippen LogP contribution in [0, 0.1) is 0 Å². The van der Waals surface area contributed by atoms with Crippen LogP contribution in [0.5, 0.6) is 23.0 Å². The van der Waals surface area contributed by atoms with Gasteiger partial charge >= 0.3 is 17.9 Å². The minimum absolute atomic E-state index is 0.125. The molecule has 1 aliphatic carbocycles.